The fourth-order valence-electron chi connectivity index (χ4n) is 4.85. The zero-order valence-electron chi connectivity index (χ0n) is 20.1. The largest absolute Gasteiger partial charge is 0.392 e. The van der Waals surface area contributed by atoms with Crippen LogP contribution in [-0.4, -0.2) is 55.6 Å². The summed E-state index contributed by atoms with van der Waals surface area (Å²) in [5, 5.41) is 29.6. The maximum Gasteiger partial charge on any atom is 0.157 e. The highest BCUT2D eigenvalue weighted by atomic mass is 16.3. The number of benzene rings is 1. The highest BCUT2D eigenvalue weighted by molar-refractivity contribution is 5.56. The van der Waals surface area contributed by atoms with Gasteiger partial charge in [-0.3, -0.25) is 4.98 Å². The molecule has 5 rings (SSSR count). The smallest absolute Gasteiger partial charge is 0.157 e. The topological polar surface area (TPSA) is 98.5 Å². The average Bonchev–Trinajstić information content (AvgIpc) is 3.59. The minimum absolute atomic E-state index is 0.00575. The Bertz CT molecular complexity index is 1160. The van der Waals surface area contributed by atoms with Gasteiger partial charge < -0.3 is 20.0 Å². The molecule has 3 heterocycles. The van der Waals surface area contributed by atoms with Crippen LogP contribution in [0, 0.1) is 6.92 Å². The maximum absolute atomic E-state index is 10.2. The molecule has 1 aromatic carbocycles. The van der Waals surface area contributed by atoms with Crippen LogP contribution in [0.1, 0.15) is 54.8 Å². The molecule has 0 unspecified atom stereocenters. The lowest BCUT2D eigenvalue weighted by atomic mass is 10.0. The zero-order chi connectivity index (χ0) is 23.9. The first-order chi connectivity index (χ1) is 16.3. The van der Waals surface area contributed by atoms with Crippen LogP contribution in [0.2, 0.25) is 0 Å². The molecule has 8 heteroatoms. The summed E-state index contributed by atoms with van der Waals surface area (Å²) in [6.07, 6.45) is 6.28. The number of aliphatic hydroxyl groups excluding tert-OH is 1. The van der Waals surface area contributed by atoms with E-state index >= 15 is 0 Å². The molecule has 0 amide bonds. The summed E-state index contributed by atoms with van der Waals surface area (Å²) in [6.45, 7) is 7.75. The van der Waals surface area contributed by atoms with Gasteiger partial charge in [-0.1, -0.05) is 30.3 Å². The number of hydrogen-bond acceptors (Lipinski definition) is 8. The number of piperazine rings is 1. The second kappa shape index (κ2) is 8.60. The summed E-state index contributed by atoms with van der Waals surface area (Å²) in [5.41, 5.74) is 3.50. The Morgan fingerprint density at radius 2 is 1.79 bits per heavy atom. The second-order valence-electron chi connectivity index (χ2n) is 10.0. The summed E-state index contributed by atoms with van der Waals surface area (Å²) >= 11 is 0. The molecule has 2 aromatic heterocycles. The monoisotopic (exact) mass is 460 g/mol. The number of aromatic nitrogens is 4. The third kappa shape index (κ3) is 4.23. The Balaban J connectivity index is 1.37. The predicted octanol–water partition coefficient (Wildman–Crippen LogP) is 2.74. The van der Waals surface area contributed by atoms with Gasteiger partial charge in [0.25, 0.3) is 0 Å². The van der Waals surface area contributed by atoms with Gasteiger partial charge in [0.1, 0.15) is 11.4 Å². The van der Waals surface area contributed by atoms with Crippen molar-refractivity contribution in [1.82, 2.24) is 20.2 Å². The number of aliphatic hydroxyl groups is 2. The Hall–Kier alpha value is -3.10. The van der Waals surface area contributed by atoms with Crippen LogP contribution in [0.25, 0.3) is 0 Å². The molecule has 34 heavy (non-hydrogen) atoms. The zero-order valence-corrected chi connectivity index (χ0v) is 20.1. The van der Waals surface area contributed by atoms with E-state index in [1.807, 2.05) is 25.1 Å². The van der Waals surface area contributed by atoms with Crippen molar-refractivity contribution in [3.8, 4) is 0 Å². The summed E-state index contributed by atoms with van der Waals surface area (Å²) in [5.74, 6) is 1.62. The van der Waals surface area contributed by atoms with E-state index in [2.05, 4.69) is 42.1 Å². The minimum atomic E-state index is -1.01. The lowest BCUT2D eigenvalue weighted by Crippen LogP contribution is -2.56. The van der Waals surface area contributed by atoms with Gasteiger partial charge in [-0.05, 0) is 44.7 Å². The van der Waals surface area contributed by atoms with Gasteiger partial charge in [0.2, 0.25) is 0 Å². The highest BCUT2D eigenvalue weighted by Gasteiger charge is 2.52. The van der Waals surface area contributed by atoms with Crippen LogP contribution in [0.15, 0.2) is 42.7 Å². The fourth-order valence-corrected chi connectivity index (χ4v) is 4.85. The molecule has 1 saturated carbocycles. The van der Waals surface area contributed by atoms with Gasteiger partial charge in [-0.15, -0.1) is 5.10 Å². The van der Waals surface area contributed by atoms with Crippen molar-refractivity contribution in [1.29, 1.82) is 0 Å². The lowest BCUT2D eigenvalue weighted by Gasteiger charge is -2.43. The Labute approximate surface area is 200 Å². The Morgan fingerprint density at radius 3 is 2.41 bits per heavy atom. The van der Waals surface area contributed by atoms with Crippen LogP contribution in [-0.2, 0) is 18.6 Å². The van der Waals surface area contributed by atoms with E-state index in [1.165, 1.54) is 5.56 Å². The summed E-state index contributed by atoms with van der Waals surface area (Å²) < 4.78 is 0. The van der Waals surface area contributed by atoms with Crippen molar-refractivity contribution in [3.63, 3.8) is 0 Å². The van der Waals surface area contributed by atoms with Crippen molar-refractivity contribution in [2.45, 2.75) is 57.8 Å². The Morgan fingerprint density at radius 1 is 1.03 bits per heavy atom. The first-order valence-electron chi connectivity index (χ1n) is 11.9. The predicted molar refractivity (Wildman–Crippen MR) is 131 cm³/mol. The first kappa shape index (κ1) is 22.7. The highest BCUT2D eigenvalue weighted by Crippen LogP contribution is 2.46. The van der Waals surface area contributed by atoms with Crippen LogP contribution < -0.4 is 9.80 Å². The molecule has 1 spiro atoms. The van der Waals surface area contributed by atoms with E-state index in [4.69, 9.17) is 0 Å². The summed E-state index contributed by atoms with van der Waals surface area (Å²) in [6, 6.07) is 10.2. The molecule has 0 bridgehead atoms. The number of hydrogen-bond donors (Lipinski definition) is 2. The third-order valence-electron chi connectivity index (χ3n) is 7.11. The number of anilines is 2. The van der Waals surface area contributed by atoms with Gasteiger partial charge >= 0.3 is 0 Å². The summed E-state index contributed by atoms with van der Waals surface area (Å²) in [7, 11) is 0. The molecule has 1 saturated heterocycles. The molecule has 1 aliphatic carbocycles. The van der Waals surface area contributed by atoms with Gasteiger partial charge in [0.15, 0.2) is 5.82 Å². The Kier molecular flexibility index (Phi) is 5.73. The molecule has 2 N–H and O–H groups in total. The normalized spacial score (nSPS) is 17.3. The molecule has 2 aliphatic rings. The quantitative estimate of drug-likeness (QED) is 0.580. The van der Waals surface area contributed by atoms with Crippen molar-refractivity contribution in [2.24, 2.45) is 0 Å². The number of rotatable bonds is 6. The fraction of sp³-hybridized carbons (Fsp3) is 0.462. The molecule has 1 aliphatic heterocycles. The minimum Gasteiger partial charge on any atom is -0.392 e. The van der Waals surface area contributed by atoms with Crippen LogP contribution in [0.3, 0.4) is 0 Å². The van der Waals surface area contributed by atoms with Crippen molar-refractivity contribution >= 4 is 11.6 Å². The van der Waals surface area contributed by atoms with Crippen LogP contribution >= 0.6 is 0 Å². The van der Waals surface area contributed by atoms with E-state index in [0.29, 0.717) is 12.1 Å². The average molecular weight is 461 g/mol. The molecular weight excluding hydrogens is 428 g/mol. The van der Waals surface area contributed by atoms with Gasteiger partial charge in [0, 0.05) is 31.6 Å². The van der Waals surface area contributed by atoms with Crippen molar-refractivity contribution < 1.29 is 10.2 Å². The van der Waals surface area contributed by atoms with Crippen LogP contribution in [0.5, 0.6) is 0 Å². The molecule has 3 aromatic rings. The van der Waals surface area contributed by atoms with Crippen molar-refractivity contribution in [2.75, 3.05) is 29.4 Å². The maximum atomic E-state index is 10.2. The molecule has 8 nitrogen and oxygen atoms in total. The van der Waals surface area contributed by atoms with E-state index in [9.17, 15) is 10.2 Å². The van der Waals surface area contributed by atoms with Crippen molar-refractivity contribution in [3.05, 3.63) is 70.8 Å². The van der Waals surface area contributed by atoms with E-state index < -0.39 is 5.60 Å². The molecule has 178 valence electrons. The second-order valence-corrected chi connectivity index (χ2v) is 10.0. The molecule has 0 atom stereocenters. The first-order valence-corrected chi connectivity index (χ1v) is 11.9. The molecule has 0 radical (unpaired) electrons. The standard InChI is InChI=1S/C26H32N6O2/c1-18-20(16-33)24(30-29-21(18)13-19-7-5-4-6-8-19)31-11-12-32(26(17-31)9-10-26)23-15-27-22(14-28-23)25(2,3)34/h4-8,14-15,33-34H,9-13,16-17H2,1-3H3. The van der Waals surface area contributed by atoms with Gasteiger partial charge in [-0.25, -0.2) is 4.98 Å². The lowest BCUT2D eigenvalue weighted by molar-refractivity contribution is 0.0734. The van der Waals surface area contributed by atoms with E-state index in [1.54, 1.807) is 26.2 Å². The van der Waals surface area contributed by atoms with Crippen LogP contribution in [0.4, 0.5) is 11.6 Å². The SMILES string of the molecule is Cc1c(Cc2ccccc2)nnc(N2CCN(c3cnc(C(C)(C)O)cn3)C3(CC3)C2)c1CO. The molecular formula is C26H32N6O2. The molecule has 2 fully saturated rings. The van der Waals surface area contributed by atoms with E-state index in [0.717, 1.165) is 60.9 Å². The van der Waals surface area contributed by atoms with Gasteiger partial charge in [-0.2, -0.15) is 5.10 Å². The summed E-state index contributed by atoms with van der Waals surface area (Å²) in [4.78, 5) is 13.7. The van der Waals surface area contributed by atoms with E-state index in [-0.39, 0.29) is 12.1 Å². The number of nitrogens with zero attached hydrogens (tertiary/aromatic N) is 6. The third-order valence-corrected chi connectivity index (χ3v) is 7.11. The van der Waals surface area contributed by atoms with Gasteiger partial charge in [0.05, 0.1) is 35.9 Å².